The first-order valence-corrected chi connectivity index (χ1v) is 11.1. The summed E-state index contributed by atoms with van der Waals surface area (Å²) in [5, 5.41) is 3.71. The van der Waals surface area contributed by atoms with Gasteiger partial charge >= 0.3 is 0 Å². The fourth-order valence-corrected chi connectivity index (χ4v) is 4.16. The molecule has 8 heteroatoms. The minimum Gasteiger partial charge on any atom is -0.332 e. The third-order valence-electron chi connectivity index (χ3n) is 5.36. The van der Waals surface area contributed by atoms with Gasteiger partial charge in [0.15, 0.2) is 5.11 Å². The van der Waals surface area contributed by atoms with Crippen molar-refractivity contribution < 1.29 is 14.0 Å². The molecule has 1 heterocycles. The third kappa shape index (κ3) is 5.56. The van der Waals surface area contributed by atoms with E-state index in [1.165, 1.54) is 17.0 Å². The predicted molar refractivity (Wildman–Crippen MR) is 130 cm³/mol. The Morgan fingerprint density at radius 3 is 2.24 bits per heavy atom. The first kappa shape index (κ1) is 22.9. The van der Waals surface area contributed by atoms with E-state index in [0.717, 1.165) is 11.1 Å². The first-order chi connectivity index (χ1) is 15.9. The lowest BCUT2D eigenvalue weighted by atomic mass is 10.1. The molecule has 0 saturated carbocycles. The van der Waals surface area contributed by atoms with Crippen LogP contribution < -0.4 is 5.32 Å². The molecule has 1 unspecified atom stereocenters. The Labute approximate surface area is 201 Å². The van der Waals surface area contributed by atoms with Gasteiger partial charge in [-0.05, 0) is 59.7 Å². The lowest BCUT2D eigenvalue weighted by Crippen LogP contribution is -2.37. The minimum atomic E-state index is -0.765. The maximum Gasteiger partial charge on any atom is 0.252 e. The number of nitrogens with zero attached hydrogens (tertiary/aromatic N) is 2. The molecule has 2 amide bonds. The number of rotatable bonds is 7. The zero-order valence-electron chi connectivity index (χ0n) is 17.6. The number of hydrogen-bond donors (Lipinski definition) is 1. The zero-order valence-corrected chi connectivity index (χ0v) is 19.2. The summed E-state index contributed by atoms with van der Waals surface area (Å²) >= 11 is 11.5. The highest BCUT2D eigenvalue weighted by Gasteiger charge is 2.43. The van der Waals surface area contributed by atoms with Crippen molar-refractivity contribution >= 4 is 46.4 Å². The summed E-state index contributed by atoms with van der Waals surface area (Å²) in [7, 11) is 0. The zero-order chi connectivity index (χ0) is 23.4. The van der Waals surface area contributed by atoms with Crippen molar-refractivity contribution in [2.75, 3.05) is 5.32 Å². The normalized spacial score (nSPS) is 15.8. The molecule has 33 heavy (non-hydrogen) atoms. The number of carbonyl (C=O) groups excluding carboxylic acids is 2. The molecule has 0 aromatic heterocycles. The number of hydrogen-bond acceptors (Lipinski definition) is 3. The molecule has 168 valence electrons. The molecule has 1 aliphatic heterocycles. The van der Waals surface area contributed by atoms with Gasteiger partial charge in [-0.1, -0.05) is 54.1 Å². The largest absolute Gasteiger partial charge is 0.332 e. The molecule has 1 fully saturated rings. The molecule has 0 aliphatic carbocycles. The van der Waals surface area contributed by atoms with Gasteiger partial charge < -0.3 is 10.2 Å². The molecular weight excluding hydrogens is 461 g/mol. The van der Waals surface area contributed by atoms with Crippen molar-refractivity contribution in [2.24, 2.45) is 0 Å². The van der Waals surface area contributed by atoms with E-state index in [1.807, 2.05) is 30.3 Å². The fourth-order valence-electron chi connectivity index (χ4n) is 3.69. The molecule has 3 aromatic carbocycles. The SMILES string of the molecule is O=C(CC1C(=O)N(Cc2ccccc2)C(=S)N1Cc1ccc(F)cc1)Nc1ccc(Cl)cc1. The lowest BCUT2D eigenvalue weighted by Gasteiger charge is -2.24. The average molecular weight is 482 g/mol. The maximum atomic E-state index is 13.4. The van der Waals surface area contributed by atoms with E-state index in [4.69, 9.17) is 23.8 Å². The summed E-state index contributed by atoms with van der Waals surface area (Å²) in [4.78, 5) is 29.4. The van der Waals surface area contributed by atoms with Crippen molar-refractivity contribution in [3.8, 4) is 0 Å². The van der Waals surface area contributed by atoms with Crippen LogP contribution in [-0.4, -0.2) is 32.8 Å². The standard InChI is InChI=1S/C25H21ClFN3O2S/c26-19-8-12-21(13-9-19)28-23(31)14-22-24(32)30(16-17-4-2-1-3-5-17)25(33)29(22)15-18-6-10-20(27)11-7-18/h1-13,22H,14-16H2,(H,28,31). The van der Waals surface area contributed by atoms with Crippen LogP contribution in [0.25, 0.3) is 0 Å². The average Bonchev–Trinajstić information content (AvgIpc) is 3.02. The van der Waals surface area contributed by atoms with E-state index in [1.54, 1.807) is 41.3 Å². The summed E-state index contributed by atoms with van der Waals surface area (Å²) in [5.41, 5.74) is 2.31. The molecule has 1 N–H and O–H groups in total. The number of nitrogens with one attached hydrogen (secondary N) is 1. The Kier molecular flexibility index (Phi) is 7.01. The Morgan fingerprint density at radius 1 is 0.939 bits per heavy atom. The molecule has 1 saturated heterocycles. The van der Waals surface area contributed by atoms with Crippen molar-refractivity contribution in [1.82, 2.24) is 9.80 Å². The molecule has 1 aliphatic rings. The maximum absolute atomic E-state index is 13.4. The van der Waals surface area contributed by atoms with Crippen LogP contribution >= 0.6 is 23.8 Å². The first-order valence-electron chi connectivity index (χ1n) is 10.4. The second kappa shape index (κ2) is 10.1. The smallest absolute Gasteiger partial charge is 0.252 e. The topological polar surface area (TPSA) is 52.7 Å². The molecule has 0 radical (unpaired) electrons. The van der Waals surface area contributed by atoms with Gasteiger partial charge in [0.2, 0.25) is 5.91 Å². The van der Waals surface area contributed by atoms with Crippen molar-refractivity contribution in [3.63, 3.8) is 0 Å². The predicted octanol–water partition coefficient (Wildman–Crippen LogP) is 5.01. The van der Waals surface area contributed by atoms with Gasteiger partial charge in [0, 0.05) is 17.3 Å². The van der Waals surface area contributed by atoms with E-state index >= 15 is 0 Å². The van der Waals surface area contributed by atoms with Gasteiger partial charge in [-0.25, -0.2) is 4.39 Å². The molecule has 0 spiro atoms. The van der Waals surface area contributed by atoms with Crippen LogP contribution in [-0.2, 0) is 22.7 Å². The summed E-state index contributed by atoms with van der Waals surface area (Å²) in [6.07, 6.45) is -0.0753. The Morgan fingerprint density at radius 2 is 1.58 bits per heavy atom. The monoisotopic (exact) mass is 481 g/mol. The number of carbonyl (C=O) groups is 2. The van der Waals surface area contributed by atoms with Crippen LogP contribution in [0.5, 0.6) is 0 Å². The van der Waals surface area contributed by atoms with Gasteiger partial charge in [0.05, 0.1) is 13.0 Å². The highest BCUT2D eigenvalue weighted by atomic mass is 35.5. The number of thiocarbonyl (C=S) groups is 1. The van der Waals surface area contributed by atoms with Gasteiger partial charge in [0.1, 0.15) is 11.9 Å². The number of benzene rings is 3. The van der Waals surface area contributed by atoms with Crippen LogP contribution in [0.1, 0.15) is 17.5 Å². The molecular formula is C25H21ClFN3O2S. The van der Waals surface area contributed by atoms with Crippen LogP contribution in [0, 0.1) is 5.82 Å². The minimum absolute atomic E-state index is 0.0753. The highest BCUT2D eigenvalue weighted by Crippen LogP contribution is 2.26. The van der Waals surface area contributed by atoms with E-state index in [2.05, 4.69) is 5.32 Å². The van der Waals surface area contributed by atoms with Gasteiger partial charge in [-0.15, -0.1) is 0 Å². The van der Waals surface area contributed by atoms with Gasteiger partial charge in [-0.3, -0.25) is 14.5 Å². The van der Waals surface area contributed by atoms with Crippen LogP contribution in [0.4, 0.5) is 10.1 Å². The number of halogens is 2. The van der Waals surface area contributed by atoms with Crippen LogP contribution in [0.15, 0.2) is 78.9 Å². The second-order valence-electron chi connectivity index (χ2n) is 7.72. The van der Waals surface area contributed by atoms with Crippen LogP contribution in [0.3, 0.4) is 0 Å². The van der Waals surface area contributed by atoms with Crippen molar-refractivity contribution in [2.45, 2.75) is 25.6 Å². The van der Waals surface area contributed by atoms with E-state index < -0.39 is 6.04 Å². The lowest BCUT2D eigenvalue weighted by molar-refractivity contribution is -0.131. The molecule has 4 rings (SSSR count). The van der Waals surface area contributed by atoms with Crippen molar-refractivity contribution in [3.05, 3.63) is 101 Å². The molecule has 3 aromatic rings. The summed E-state index contributed by atoms with van der Waals surface area (Å²) < 4.78 is 13.4. The molecule has 5 nitrogen and oxygen atoms in total. The second-order valence-corrected chi connectivity index (χ2v) is 8.52. The Balaban J connectivity index is 1.55. The number of amides is 2. The Hall–Kier alpha value is -3.29. The summed E-state index contributed by atoms with van der Waals surface area (Å²) in [6, 6.07) is 21.5. The van der Waals surface area contributed by atoms with E-state index in [9.17, 15) is 14.0 Å². The van der Waals surface area contributed by atoms with E-state index in [0.29, 0.717) is 22.4 Å². The fraction of sp³-hybridized carbons (Fsp3) is 0.160. The van der Waals surface area contributed by atoms with Crippen molar-refractivity contribution in [1.29, 1.82) is 0 Å². The Bertz CT molecular complexity index is 1160. The molecule has 0 bridgehead atoms. The van der Waals surface area contributed by atoms with Crippen LogP contribution in [0.2, 0.25) is 5.02 Å². The van der Waals surface area contributed by atoms with Gasteiger partial charge in [-0.2, -0.15) is 0 Å². The number of anilines is 1. The third-order valence-corrected chi connectivity index (χ3v) is 6.07. The quantitative estimate of drug-likeness (QED) is 0.482. The highest BCUT2D eigenvalue weighted by molar-refractivity contribution is 7.80. The van der Waals surface area contributed by atoms with E-state index in [-0.39, 0.29) is 30.6 Å². The summed E-state index contributed by atoms with van der Waals surface area (Å²) in [6.45, 7) is 0.600. The summed E-state index contributed by atoms with van der Waals surface area (Å²) in [5.74, 6) is -0.898. The van der Waals surface area contributed by atoms with Gasteiger partial charge in [0.25, 0.3) is 5.91 Å². The molecule has 1 atom stereocenters.